The zero-order valence-corrected chi connectivity index (χ0v) is 15.6. The summed E-state index contributed by atoms with van der Waals surface area (Å²) in [5.41, 5.74) is 2.18. The molecular weight excluding hydrogens is 374 g/mol. The van der Waals surface area contributed by atoms with Crippen molar-refractivity contribution in [3.8, 4) is 0 Å². The molecule has 1 saturated heterocycles. The van der Waals surface area contributed by atoms with E-state index in [0.717, 1.165) is 11.4 Å². The fourth-order valence-corrected chi connectivity index (χ4v) is 5.38. The van der Waals surface area contributed by atoms with Crippen molar-refractivity contribution in [2.24, 2.45) is 0 Å². The molecule has 6 nitrogen and oxygen atoms in total. The standard InChI is InChI=1S/C18H18ClN3O3S/c1-11-13(19)5-4-8-17(11)26(24,25)21-12-9-16-18(23)20-14-6-2-3-7-15(14)22(16)10-12/h2-8,12,16,21H,9-10H2,1H3,(H,20,23)/t12-,16-/m0/s1. The van der Waals surface area contributed by atoms with Gasteiger partial charge in [0.1, 0.15) is 6.04 Å². The number of benzene rings is 2. The van der Waals surface area contributed by atoms with Gasteiger partial charge in [-0.25, -0.2) is 13.1 Å². The lowest BCUT2D eigenvalue weighted by Gasteiger charge is -2.32. The van der Waals surface area contributed by atoms with Gasteiger partial charge in [-0.2, -0.15) is 0 Å². The number of hydrogen-bond donors (Lipinski definition) is 2. The first-order valence-electron chi connectivity index (χ1n) is 8.31. The third-order valence-corrected chi connectivity index (χ3v) is 6.98. The summed E-state index contributed by atoms with van der Waals surface area (Å²) in [4.78, 5) is 14.5. The first kappa shape index (κ1) is 17.3. The molecule has 0 aromatic heterocycles. The third-order valence-electron chi connectivity index (χ3n) is 4.90. The van der Waals surface area contributed by atoms with E-state index in [2.05, 4.69) is 10.0 Å². The Balaban J connectivity index is 1.60. The van der Waals surface area contributed by atoms with Crippen LogP contribution in [0.1, 0.15) is 12.0 Å². The molecule has 4 rings (SSSR count). The monoisotopic (exact) mass is 391 g/mol. The second-order valence-corrected chi connectivity index (χ2v) is 8.68. The Kier molecular flexibility index (Phi) is 4.17. The second kappa shape index (κ2) is 6.26. The Labute approximate surface area is 157 Å². The molecule has 2 aromatic rings. The molecule has 0 unspecified atom stereocenters. The van der Waals surface area contributed by atoms with Gasteiger partial charge in [0.25, 0.3) is 0 Å². The van der Waals surface area contributed by atoms with Crippen LogP contribution in [0.15, 0.2) is 47.4 Å². The van der Waals surface area contributed by atoms with Crippen LogP contribution in [0.2, 0.25) is 5.02 Å². The lowest BCUT2D eigenvalue weighted by molar-refractivity contribution is -0.117. The van der Waals surface area contributed by atoms with Crippen molar-refractivity contribution >= 4 is 38.9 Å². The van der Waals surface area contributed by atoms with Crippen molar-refractivity contribution in [2.45, 2.75) is 30.3 Å². The maximum Gasteiger partial charge on any atom is 0.247 e. The summed E-state index contributed by atoms with van der Waals surface area (Å²) in [7, 11) is -3.73. The Bertz CT molecular complexity index is 993. The number of carbonyl (C=O) groups excluding carboxylic acids is 1. The summed E-state index contributed by atoms with van der Waals surface area (Å²) in [6, 6.07) is 11.6. The van der Waals surface area contributed by atoms with Crippen LogP contribution in [-0.4, -0.2) is 33.0 Å². The number of anilines is 2. The molecule has 0 saturated carbocycles. The molecule has 26 heavy (non-hydrogen) atoms. The Hall–Kier alpha value is -2.09. The van der Waals surface area contributed by atoms with E-state index in [1.807, 2.05) is 29.2 Å². The van der Waals surface area contributed by atoms with E-state index in [1.165, 1.54) is 6.07 Å². The fourth-order valence-electron chi connectivity index (χ4n) is 3.64. The Morgan fingerprint density at radius 1 is 1.19 bits per heavy atom. The predicted octanol–water partition coefficient (Wildman–Crippen LogP) is 2.53. The molecular formula is C18H18ClN3O3S. The molecule has 2 aliphatic heterocycles. The number of halogens is 1. The largest absolute Gasteiger partial charge is 0.356 e. The van der Waals surface area contributed by atoms with Crippen LogP contribution in [0.5, 0.6) is 0 Å². The molecule has 8 heteroatoms. The minimum atomic E-state index is -3.73. The number of para-hydroxylation sites is 2. The van der Waals surface area contributed by atoms with Crippen LogP contribution in [-0.2, 0) is 14.8 Å². The number of fused-ring (bicyclic) bond motifs is 3. The number of carbonyl (C=O) groups is 1. The van der Waals surface area contributed by atoms with E-state index in [1.54, 1.807) is 19.1 Å². The average Bonchev–Trinajstić information content (AvgIpc) is 3.01. The summed E-state index contributed by atoms with van der Waals surface area (Å²) in [6.45, 7) is 2.12. The highest BCUT2D eigenvalue weighted by Crippen LogP contribution is 2.36. The molecule has 2 aliphatic rings. The number of nitrogens with zero attached hydrogens (tertiary/aromatic N) is 1. The topological polar surface area (TPSA) is 78.5 Å². The minimum absolute atomic E-state index is 0.107. The summed E-state index contributed by atoms with van der Waals surface area (Å²) in [5.74, 6) is -0.107. The van der Waals surface area contributed by atoms with Gasteiger partial charge in [-0.3, -0.25) is 4.79 Å². The van der Waals surface area contributed by atoms with Crippen molar-refractivity contribution in [3.63, 3.8) is 0 Å². The molecule has 1 amide bonds. The maximum atomic E-state index is 12.8. The van der Waals surface area contributed by atoms with Crippen LogP contribution >= 0.6 is 11.6 Å². The van der Waals surface area contributed by atoms with E-state index in [0.29, 0.717) is 23.6 Å². The van der Waals surface area contributed by atoms with Crippen LogP contribution in [0.25, 0.3) is 0 Å². The SMILES string of the molecule is Cc1c(Cl)cccc1S(=O)(=O)N[C@H]1C[C@H]2C(=O)Nc3ccccc3N2C1. The van der Waals surface area contributed by atoms with Crippen LogP contribution < -0.4 is 14.9 Å². The van der Waals surface area contributed by atoms with E-state index in [-0.39, 0.29) is 22.9 Å². The van der Waals surface area contributed by atoms with Gasteiger partial charge >= 0.3 is 0 Å². The van der Waals surface area contributed by atoms with Gasteiger partial charge < -0.3 is 10.2 Å². The number of rotatable bonds is 3. The van der Waals surface area contributed by atoms with Gasteiger partial charge in [-0.05, 0) is 43.2 Å². The highest BCUT2D eigenvalue weighted by Gasteiger charge is 2.42. The molecule has 2 N–H and O–H groups in total. The zero-order valence-electron chi connectivity index (χ0n) is 14.1. The molecule has 2 aromatic carbocycles. The highest BCUT2D eigenvalue weighted by atomic mass is 35.5. The zero-order chi connectivity index (χ0) is 18.5. The predicted molar refractivity (Wildman–Crippen MR) is 101 cm³/mol. The van der Waals surface area contributed by atoms with Gasteiger partial charge in [0.2, 0.25) is 15.9 Å². The fraction of sp³-hybridized carbons (Fsp3) is 0.278. The van der Waals surface area contributed by atoms with Crippen molar-refractivity contribution < 1.29 is 13.2 Å². The molecule has 2 heterocycles. The van der Waals surface area contributed by atoms with E-state index >= 15 is 0 Å². The van der Waals surface area contributed by atoms with E-state index in [9.17, 15) is 13.2 Å². The molecule has 2 atom stereocenters. The summed E-state index contributed by atoms with van der Waals surface area (Å²) in [6.07, 6.45) is 0.416. The number of amides is 1. The summed E-state index contributed by atoms with van der Waals surface area (Å²) >= 11 is 6.06. The van der Waals surface area contributed by atoms with Gasteiger partial charge in [0.15, 0.2) is 0 Å². The molecule has 1 fully saturated rings. The molecule has 0 spiro atoms. The van der Waals surface area contributed by atoms with Crippen molar-refractivity contribution in [2.75, 3.05) is 16.8 Å². The smallest absolute Gasteiger partial charge is 0.247 e. The first-order valence-corrected chi connectivity index (χ1v) is 10.2. The van der Waals surface area contributed by atoms with Crippen LogP contribution in [0.4, 0.5) is 11.4 Å². The number of hydrogen-bond acceptors (Lipinski definition) is 4. The van der Waals surface area contributed by atoms with Gasteiger partial charge in [0.05, 0.1) is 16.3 Å². The van der Waals surface area contributed by atoms with Crippen molar-refractivity contribution in [1.82, 2.24) is 4.72 Å². The minimum Gasteiger partial charge on any atom is -0.356 e. The van der Waals surface area contributed by atoms with Crippen molar-refractivity contribution in [3.05, 3.63) is 53.1 Å². The molecule has 0 radical (unpaired) electrons. The third kappa shape index (κ3) is 2.86. The Morgan fingerprint density at radius 2 is 1.96 bits per heavy atom. The number of sulfonamides is 1. The average molecular weight is 392 g/mol. The van der Waals surface area contributed by atoms with Gasteiger partial charge in [0, 0.05) is 17.6 Å². The molecule has 0 bridgehead atoms. The molecule has 0 aliphatic carbocycles. The Morgan fingerprint density at radius 3 is 2.77 bits per heavy atom. The maximum absolute atomic E-state index is 12.8. The highest BCUT2D eigenvalue weighted by molar-refractivity contribution is 7.89. The van der Waals surface area contributed by atoms with Crippen molar-refractivity contribution in [1.29, 1.82) is 0 Å². The summed E-state index contributed by atoms with van der Waals surface area (Å²) < 4.78 is 28.3. The van der Waals surface area contributed by atoms with Crippen LogP contribution in [0, 0.1) is 6.92 Å². The first-order chi connectivity index (χ1) is 12.4. The van der Waals surface area contributed by atoms with Gasteiger partial charge in [-0.15, -0.1) is 0 Å². The van der Waals surface area contributed by atoms with Gasteiger partial charge in [-0.1, -0.05) is 29.8 Å². The van der Waals surface area contributed by atoms with E-state index < -0.39 is 10.0 Å². The quantitative estimate of drug-likeness (QED) is 0.842. The lowest BCUT2D eigenvalue weighted by Crippen LogP contribution is -2.44. The number of nitrogens with one attached hydrogen (secondary N) is 2. The molecule has 136 valence electrons. The van der Waals surface area contributed by atoms with Crippen LogP contribution in [0.3, 0.4) is 0 Å². The second-order valence-electron chi connectivity index (χ2n) is 6.59. The lowest BCUT2D eigenvalue weighted by atomic mass is 10.1. The van der Waals surface area contributed by atoms with E-state index in [4.69, 9.17) is 11.6 Å². The normalized spacial score (nSPS) is 21.9. The summed E-state index contributed by atoms with van der Waals surface area (Å²) in [5, 5.41) is 3.30.